The predicted octanol–water partition coefficient (Wildman–Crippen LogP) is 5.74. The number of aromatic nitrogens is 1. The molecule has 0 unspecified atom stereocenters. The van der Waals surface area contributed by atoms with Crippen LogP contribution in [0, 0.1) is 0 Å². The molecule has 0 bridgehead atoms. The molecule has 152 valence electrons. The van der Waals surface area contributed by atoms with E-state index in [4.69, 9.17) is 9.47 Å². The van der Waals surface area contributed by atoms with Crippen molar-refractivity contribution in [1.82, 2.24) is 4.98 Å². The first kappa shape index (κ1) is 20.9. The van der Waals surface area contributed by atoms with Gasteiger partial charge in [0.05, 0.1) is 12.3 Å². The van der Waals surface area contributed by atoms with Crippen molar-refractivity contribution in [2.24, 2.45) is 0 Å². The van der Waals surface area contributed by atoms with Crippen LogP contribution < -0.4 is 14.8 Å². The molecule has 29 heavy (non-hydrogen) atoms. The van der Waals surface area contributed by atoms with E-state index in [1.807, 2.05) is 53.9 Å². The summed E-state index contributed by atoms with van der Waals surface area (Å²) in [6.45, 7) is 6.93. The Bertz CT molecular complexity index is 935. The van der Waals surface area contributed by atoms with Crippen molar-refractivity contribution in [3.63, 3.8) is 0 Å². The number of hydrogen-bond acceptors (Lipinski definition) is 5. The van der Waals surface area contributed by atoms with Gasteiger partial charge in [0, 0.05) is 10.9 Å². The van der Waals surface area contributed by atoms with Gasteiger partial charge in [0.25, 0.3) is 5.91 Å². The second kappa shape index (κ2) is 10.1. The number of benzene rings is 2. The summed E-state index contributed by atoms with van der Waals surface area (Å²) in [5.41, 5.74) is 2.88. The summed E-state index contributed by atoms with van der Waals surface area (Å²) in [4.78, 5) is 16.8. The average Bonchev–Trinajstić information content (AvgIpc) is 3.19. The zero-order valence-electron chi connectivity index (χ0n) is 17.0. The Balaban J connectivity index is 1.56. The third-order valence-electron chi connectivity index (χ3n) is 4.27. The van der Waals surface area contributed by atoms with Crippen molar-refractivity contribution in [1.29, 1.82) is 0 Å². The second-order valence-corrected chi connectivity index (χ2v) is 7.80. The molecule has 1 N–H and O–H groups in total. The van der Waals surface area contributed by atoms with Crippen LogP contribution in [-0.2, 0) is 4.79 Å². The first-order valence-electron chi connectivity index (χ1n) is 9.77. The first-order chi connectivity index (χ1) is 14.1. The number of carbonyl (C=O) groups is 1. The van der Waals surface area contributed by atoms with Crippen LogP contribution in [-0.4, -0.2) is 24.1 Å². The molecule has 6 heteroatoms. The topological polar surface area (TPSA) is 60.5 Å². The maximum absolute atomic E-state index is 12.3. The zero-order chi connectivity index (χ0) is 20.6. The molecule has 1 heterocycles. The van der Waals surface area contributed by atoms with Crippen molar-refractivity contribution in [3.05, 3.63) is 59.5 Å². The molecule has 1 aromatic heterocycles. The van der Waals surface area contributed by atoms with Gasteiger partial charge in [-0.3, -0.25) is 10.1 Å². The summed E-state index contributed by atoms with van der Waals surface area (Å²) in [5, 5.41) is 5.28. The number of hydrogen-bond donors (Lipinski definition) is 1. The van der Waals surface area contributed by atoms with Crippen LogP contribution in [0.25, 0.3) is 11.3 Å². The van der Waals surface area contributed by atoms with E-state index in [0.29, 0.717) is 17.7 Å². The van der Waals surface area contributed by atoms with Crippen molar-refractivity contribution in [3.8, 4) is 22.8 Å². The number of rotatable bonds is 9. The average molecular weight is 411 g/mol. The molecule has 0 saturated heterocycles. The third-order valence-corrected chi connectivity index (χ3v) is 5.03. The molecular formula is C23H26N2O3S. The number of thiazole rings is 1. The highest BCUT2D eigenvalue weighted by Gasteiger charge is 2.11. The molecule has 0 aliphatic carbocycles. The van der Waals surface area contributed by atoms with E-state index in [0.717, 1.165) is 34.7 Å². The Morgan fingerprint density at radius 3 is 2.59 bits per heavy atom. The highest BCUT2D eigenvalue weighted by atomic mass is 32.1. The lowest BCUT2D eigenvalue weighted by Gasteiger charge is -2.13. The van der Waals surface area contributed by atoms with Crippen LogP contribution in [0.5, 0.6) is 11.5 Å². The largest absolute Gasteiger partial charge is 0.494 e. The van der Waals surface area contributed by atoms with Crippen molar-refractivity contribution < 1.29 is 14.3 Å². The number of carbonyl (C=O) groups excluding carboxylic acids is 1. The molecule has 1 amide bonds. The van der Waals surface area contributed by atoms with E-state index < -0.39 is 0 Å². The summed E-state index contributed by atoms with van der Waals surface area (Å²) in [7, 11) is 0. The maximum Gasteiger partial charge on any atom is 0.264 e. The number of ether oxygens (including phenoxy) is 2. The molecule has 0 aliphatic rings. The lowest BCUT2D eigenvalue weighted by molar-refractivity contribution is -0.118. The lowest BCUT2D eigenvalue weighted by atomic mass is 10.0. The fraction of sp³-hybridized carbons (Fsp3) is 0.304. The second-order valence-electron chi connectivity index (χ2n) is 6.94. The normalized spacial score (nSPS) is 10.8. The van der Waals surface area contributed by atoms with Crippen molar-refractivity contribution in [2.45, 2.75) is 33.1 Å². The van der Waals surface area contributed by atoms with Crippen molar-refractivity contribution >= 4 is 22.4 Å². The molecule has 0 spiro atoms. The Morgan fingerprint density at radius 1 is 1.10 bits per heavy atom. The van der Waals surface area contributed by atoms with Gasteiger partial charge in [-0.15, -0.1) is 11.3 Å². The molecule has 0 radical (unpaired) electrons. The van der Waals surface area contributed by atoms with Crippen LogP contribution in [0.1, 0.15) is 38.7 Å². The van der Waals surface area contributed by atoms with Crippen LogP contribution >= 0.6 is 11.3 Å². The van der Waals surface area contributed by atoms with Gasteiger partial charge in [-0.2, -0.15) is 0 Å². The van der Waals surface area contributed by atoms with E-state index in [-0.39, 0.29) is 12.5 Å². The van der Waals surface area contributed by atoms with Gasteiger partial charge in [0.2, 0.25) is 0 Å². The van der Waals surface area contributed by atoms with E-state index in [1.165, 1.54) is 11.3 Å². The lowest BCUT2D eigenvalue weighted by Crippen LogP contribution is -2.20. The highest BCUT2D eigenvalue weighted by molar-refractivity contribution is 7.14. The molecular weight excluding hydrogens is 384 g/mol. The summed E-state index contributed by atoms with van der Waals surface area (Å²) >= 11 is 1.39. The van der Waals surface area contributed by atoms with Gasteiger partial charge >= 0.3 is 0 Å². The molecule has 3 rings (SSSR count). The van der Waals surface area contributed by atoms with Crippen LogP contribution in [0.4, 0.5) is 5.13 Å². The minimum Gasteiger partial charge on any atom is -0.494 e. The Labute approximate surface area is 175 Å². The van der Waals surface area contributed by atoms with E-state index >= 15 is 0 Å². The summed E-state index contributed by atoms with van der Waals surface area (Å²) in [6.07, 6.45) is 0.976. The number of anilines is 1. The monoisotopic (exact) mass is 410 g/mol. The van der Waals surface area contributed by atoms with E-state index in [1.54, 1.807) is 0 Å². The number of nitrogens with one attached hydrogen (secondary N) is 1. The SMILES string of the molecule is CCCOc1ccc(-c2csc(NC(=O)COc3ccccc3C(C)C)n2)cc1. The number of nitrogens with zero attached hydrogens (tertiary/aromatic N) is 1. The molecule has 0 aliphatic heterocycles. The van der Waals surface area contributed by atoms with Gasteiger partial charge < -0.3 is 9.47 Å². The molecule has 5 nitrogen and oxygen atoms in total. The van der Waals surface area contributed by atoms with Crippen LogP contribution in [0.2, 0.25) is 0 Å². The number of amides is 1. The summed E-state index contributed by atoms with van der Waals surface area (Å²) in [6, 6.07) is 15.6. The third kappa shape index (κ3) is 5.81. The van der Waals surface area contributed by atoms with Gasteiger partial charge in [-0.1, -0.05) is 39.0 Å². The Morgan fingerprint density at radius 2 is 1.86 bits per heavy atom. The highest BCUT2D eigenvalue weighted by Crippen LogP contribution is 2.27. The smallest absolute Gasteiger partial charge is 0.264 e. The van der Waals surface area contributed by atoms with Gasteiger partial charge in [-0.05, 0) is 48.2 Å². The molecule has 0 atom stereocenters. The minimum atomic E-state index is -0.229. The van der Waals surface area contributed by atoms with Crippen molar-refractivity contribution in [2.75, 3.05) is 18.5 Å². The Hall–Kier alpha value is -2.86. The van der Waals surface area contributed by atoms with E-state index in [2.05, 4.69) is 31.1 Å². The summed E-state index contributed by atoms with van der Waals surface area (Å²) < 4.78 is 11.3. The summed E-state index contributed by atoms with van der Waals surface area (Å²) in [5.74, 6) is 1.68. The Kier molecular flexibility index (Phi) is 7.25. The van der Waals surface area contributed by atoms with Gasteiger partial charge in [-0.25, -0.2) is 4.98 Å². The molecule has 2 aromatic carbocycles. The molecule has 3 aromatic rings. The van der Waals surface area contributed by atoms with Crippen LogP contribution in [0.3, 0.4) is 0 Å². The number of para-hydroxylation sites is 1. The molecule has 0 saturated carbocycles. The van der Waals surface area contributed by atoms with E-state index in [9.17, 15) is 4.79 Å². The zero-order valence-corrected chi connectivity index (χ0v) is 17.8. The fourth-order valence-electron chi connectivity index (χ4n) is 2.79. The van der Waals surface area contributed by atoms with Crippen LogP contribution in [0.15, 0.2) is 53.9 Å². The maximum atomic E-state index is 12.3. The fourth-order valence-corrected chi connectivity index (χ4v) is 3.53. The quantitative estimate of drug-likeness (QED) is 0.489. The van der Waals surface area contributed by atoms with Gasteiger partial charge in [0.1, 0.15) is 11.5 Å². The minimum absolute atomic E-state index is 0.0535. The first-order valence-corrected chi connectivity index (χ1v) is 10.6. The predicted molar refractivity (Wildman–Crippen MR) is 118 cm³/mol. The van der Waals surface area contributed by atoms with Gasteiger partial charge in [0.15, 0.2) is 11.7 Å². The molecule has 0 fully saturated rings. The standard InChI is InChI=1S/C23H26N2O3S/c1-4-13-27-18-11-9-17(10-12-18)20-15-29-23(24-20)25-22(26)14-28-21-8-6-5-7-19(21)16(2)3/h5-12,15-16H,4,13-14H2,1-3H3,(H,24,25,26).